The van der Waals surface area contributed by atoms with E-state index in [0.29, 0.717) is 12.3 Å². The molecule has 2 aromatic rings. The summed E-state index contributed by atoms with van der Waals surface area (Å²) in [6.07, 6.45) is 3.56. The SMILES string of the molecule is C[C@H](NCc1cccc(Br)c1O)c1ccncc1. The van der Waals surface area contributed by atoms with E-state index in [-0.39, 0.29) is 6.04 Å². The molecule has 0 unspecified atom stereocenters. The Bertz CT molecular complexity index is 516. The zero-order valence-corrected chi connectivity index (χ0v) is 11.7. The molecule has 0 radical (unpaired) electrons. The number of para-hydroxylation sites is 1. The van der Waals surface area contributed by atoms with Crippen molar-refractivity contribution >= 4 is 15.9 Å². The van der Waals surface area contributed by atoms with Gasteiger partial charge in [0.15, 0.2) is 0 Å². The lowest BCUT2D eigenvalue weighted by atomic mass is 10.1. The predicted octanol–water partition coefficient (Wildman–Crippen LogP) is 3.40. The zero-order valence-electron chi connectivity index (χ0n) is 10.1. The lowest BCUT2D eigenvalue weighted by Gasteiger charge is -2.15. The number of aromatic nitrogens is 1. The van der Waals surface area contributed by atoms with Gasteiger partial charge in [0.25, 0.3) is 0 Å². The fourth-order valence-electron chi connectivity index (χ4n) is 1.74. The molecule has 0 saturated carbocycles. The van der Waals surface area contributed by atoms with Crippen LogP contribution in [0, 0.1) is 0 Å². The second-order valence-corrected chi connectivity index (χ2v) is 4.99. The molecule has 0 aliphatic heterocycles. The van der Waals surface area contributed by atoms with Crippen molar-refractivity contribution in [1.29, 1.82) is 0 Å². The second kappa shape index (κ2) is 5.98. The van der Waals surface area contributed by atoms with Crippen molar-refractivity contribution in [2.45, 2.75) is 19.5 Å². The molecule has 0 fully saturated rings. The first-order valence-corrected chi connectivity index (χ1v) is 6.57. The molecule has 1 aromatic carbocycles. The van der Waals surface area contributed by atoms with Crippen LogP contribution < -0.4 is 5.32 Å². The summed E-state index contributed by atoms with van der Waals surface area (Å²) < 4.78 is 0.721. The second-order valence-electron chi connectivity index (χ2n) is 4.13. The fraction of sp³-hybridized carbons (Fsp3) is 0.214. The molecule has 1 atom stereocenters. The van der Waals surface area contributed by atoms with E-state index in [1.807, 2.05) is 30.3 Å². The Kier molecular flexibility index (Phi) is 4.33. The van der Waals surface area contributed by atoms with Gasteiger partial charge in [0.05, 0.1) is 4.47 Å². The van der Waals surface area contributed by atoms with Gasteiger partial charge in [0, 0.05) is 30.5 Å². The van der Waals surface area contributed by atoms with E-state index in [1.54, 1.807) is 12.4 Å². The summed E-state index contributed by atoms with van der Waals surface area (Å²) in [5, 5.41) is 13.3. The largest absolute Gasteiger partial charge is 0.506 e. The van der Waals surface area contributed by atoms with Crippen LogP contribution in [0.4, 0.5) is 0 Å². The number of aromatic hydroxyl groups is 1. The molecule has 1 aromatic heterocycles. The van der Waals surface area contributed by atoms with Gasteiger partial charge in [0.1, 0.15) is 5.75 Å². The van der Waals surface area contributed by atoms with Gasteiger partial charge >= 0.3 is 0 Å². The fourth-order valence-corrected chi connectivity index (χ4v) is 2.14. The van der Waals surface area contributed by atoms with Gasteiger partial charge in [-0.15, -0.1) is 0 Å². The maximum Gasteiger partial charge on any atom is 0.134 e. The minimum absolute atomic E-state index is 0.214. The lowest BCUT2D eigenvalue weighted by Crippen LogP contribution is -2.18. The molecule has 2 N–H and O–H groups in total. The van der Waals surface area contributed by atoms with Crippen LogP contribution in [0.1, 0.15) is 24.1 Å². The van der Waals surface area contributed by atoms with Crippen LogP contribution in [0.5, 0.6) is 5.75 Å². The van der Waals surface area contributed by atoms with Crippen LogP contribution in [-0.2, 0) is 6.54 Å². The summed E-state index contributed by atoms with van der Waals surface area (Å²) in [7, 11) is 0. The molecule has 1 heterocycles. The number of nitrogens with zero attached hydrogens (tertiary/aromatic N) is 1. The van der Waals surface area contributed by atoms with E-state index in [4.69, 9.17) is 0 Å². The molecule has 2 rings (SSSR count). The maximum atomic E-state index is 9.88. The topological polar surface area (TPSA) is 45.1 Å². The zero-order chi connectivity index (χ0) is 13.0. The number of pyridine rings is 1. The Labute approximate surface area is 115 Å². The molecule has 0 saturated heterocycles. The quantitative estimate of drug-likeness (QED) is 0.910. The number of hydrogen-bond acceptors (Lipinski definition) is 3. The molecule has 0 bridgehead atoms. The van der Waals surface area contributed by atoms with Crippen LogP contribution in [0.25, 0.3) is 0 Å². The lowest BCUT2D eigenvalue weighted by molar-refractivity contribution is 0.457. The Hall–Kier alpha value is -1.39. The first-order chi connectivity index (χ1) is 8.68. The summed E-state index contributed by atoms with van der Waals surface area (Å²) in [6.45, 7) is 2.71. The molecule has 0 spiro atoms. The number of hydrogen-bond donors (Lipinski definition) is 2. The number of halogens is 1. The van der Waals surface area contributed by atoms with Gasteiger partial charge in [-0.3, -0.25) is 4.98 Å². The van der Waals surface area contributed by atoms with E-state index < -0.39 is 0 Å². The molecule has 18 heavy (non-hydrogen) atoms. The highest BCUT2D eigenvalue weighted by Gasteiger charge is 2.08. The molecular formula is C14H15BrN2O. The molecule has 0 aliphatic rings. The van der Waals surface area contributed by atoms with E-state index >= 15 is 0 Å². The molecule has 0 aliphatic carbocycles. The van der Waals surface area contributed by atoms with Crippen molar-refractivity contribution in [3.8, 4) is 5.75 Å². The van der Waals surface area contributed by atoms with Gasteiger partial charge in [-0.05, 0) is 46.6 Å². The predicted molar refractivity (Wildman–Crippen MR) is 75.3 cm³/mol. The van der Waals surface area contributed by atoms with E-state index in [2.05, 4.69) is 33.2 Å². The standard InChI is InChI=1S/C14H15BrN2O/c1-10(11-5-7-16-8-6-11)17-9-12-3-2-4-13(15)14(12)18/h2-8,10,17-18H,9H2,1H3/t10-/m0/s1. The Morgan fingerprint density at radius 2 is 2.00 bits per heavy atom. The third kappa shape index (κ3) is 3.09. The Morgan fingerprint density at radius 1 is 1.28 bits per heavy atom. The average Bonchev–Trinajstić information content (AvgIpc) is 2.41. The van der Waals surface area contributed by atoms with Crippen LogP contribution >= 0.6 is 15.9 Å². The third-order valence-corrected chi connectivity index (χ3v) is 3.52. The van der Waals surface area contributed by atoms with Crippen molar-refractivity contribution in [3.05, 3.63) is 58.3 Å². The summed E-state index contributed by atoms with van der Waals surface area (Å²) in [4.78, 5) is 4.00. The highest BCUT2D eigenvalue weighted by Crippen LogP contribution is 2.27. The van der Waals surface area contributed by atoms with Gasteiger partial charge in [0.2, 0.25) is 0 Å². The summed E-state index contributed by atoms with van der Waals surface area (Å²) in [5.41, 5.74) is 2.06. The van der Waals surface area contributed by atoms with E-state index in [0.717, 1.165) is 10.0 Å². The molecule has 0 amide bonds. The van der Waals surface area contributed by atoms with Crippen molar-refractivity contribution in [2.75, 3.05) is 0 Å². The monoisotopic (exact) mass is 306 g/mol. The van der Waals surface area contributed by atoms with Crippen molar-refractivity contribution in [1.82, 2.24) is 10.3 Å². The van der Waals surface area contributed by atoms with Crippen LogP contribution in [-0.4, -0.2) is 10.1 Å². The Morgan fingerprint density at radius 3 is 2.72 bits per heavy atom. The number of benzene rings is 1. The van der Waals surface area contributed by atoms with Crippen molar-refractivity contribution < 1.29 is 5.11 Å². The normalized spacial score (nSPS) is 12.3. The highest BCUT2D eigenvalue weighted by atomic mass is 79.9. The minimum atomic E-state index is 0.214. The Balaban J connectivity index is 2.02. The van der Waals surface area contributed by atoms with Crippen LogP contribution in [0.15, 0.2) is 47.2 Å². The number of rotatable bonds is 4. The van der Waals surface area contributed by atoms with Gasteiger partial charge in [-0.1, -0.05) is 12.1 Å². The smallest absolute Gasteiger partial charge is 0.134 e. The maximum absolute atomic E-state index is 9.88. The third-order valence-electron chi connectivity index (χ3n) is 2.88. The van der Waals surface area contributed by atoms with Gasteiger partial charge in [-0.2, -0.15) is 0 Å². The summed E-state index contributed by atoms with van der Waals surface area (Å²) in [5.74, 6) is 0.298. The molecule has 4 heteroatoms. The summed E-state index contributed by atoms with van der Waals surface area (Å²) >= 11 is 3.31. The van der Waals surface area contributed by atoms with Crippen LogP contribution in [0.3, 0.4) is 0 Å². The highest BCUT2D eigenvalue weighted by molar-refractivity contribution is 9.10. The molecule has 3 nitrogen and oxygen atoms in total. The van der Waals surface area contributed by atoms with Gasteiger partial charge in [-0.25, -0.2) is 0 Å². The molecule has 94 valence electrons. The number of phenolic OH excluding ortho intramolecular Hbond substituents is 1. The number of nitrogens with one attached hydrogen (secondary N) is 1. The van der Waals surface area contributed by atoms with E-state index in [9.17, 15) is 5.11 Å². The van der Waals surface area contributed by atoms with E-state index in [1.165, 1.54) is 5.56 Å². The van der Waals surface area contributed by atoms with Gasteiger partial charge < -0.3 is 10.4 Å². The van der Waals surface area contributed by atoms with Crippen molar-refractivity contribution in [2.24, 2.45) is 0 Å². The minimum Gasteiger partial charge on any atom is -0.506 e. The first-order valence-electron chi connectivity index (χ1n) is 5.78. The molecular weight excluding hydrogens is 292 g/mol. The average molecular weight is 307 g/mol. The number of phenols is 1. The van der Waals surface area contributed by atoms with Crippen LogP contribution in [0.2, 0.25) is 0 Å². The summed E-state index contributed by atoms with van der Waals surface area (Å²) in [6, 6.07) is 9.83. The van der Waals surface area contributed by atoms with Crippen molar-refractivity contribution in [3.63, 3.8) is 0 Å². The first kappa shape index (κ1) is 13.1.